The minimum atomic E-state index is -2.37. The Morgan fingerprint density at radius 1 is 1.24 bits per heavy atom. The minimum absolute atomic E-state index is 0.434. The number of aromatic nitrogens is 1. The van der Waals surface area contributed by atoms with Crippen molar-refractivity contribution < 1.29 is 9.09 Å². The average molecular weight is 365 g/mol. The summed E-state index contributed by atoms with van der Waals surface area (Å²) in [6.45, 7) is 5.02. The van der Waals surface area contributed by atoms with E-state index in [9.17, 15) is 4.57 Å². The van der Waals surface area contributed by atoms with E-state index in [0.29, 0.717) is 31.4 Å². The Balaban J connectivity index is 2.22. The summed E-state index contributed by atoms with van der Waals surface area (Å²) in [7, 11) is -2.37. The first-order valence-corrected chi connectivity index (χ1v) is 10.7. The molecule has 0 fully saturated rings. The number of anilines is 1. The zero-order chi connectivity index (χ0) is 18.4. The first kappa shape index (κ1) is 21.1. The number of nitriles is 1. The third kappa shape index (κ3) is 9.23. The highest BCUT2D eigenvalue weighted by molar-refractivity contribution is 7.58. The second-order valence-corrected chi connectivity index (χ2v) is 8.67. The van der Waals surface area contributed by atoms with Gasteiger partial charge >= 0.3 is 0 Å². The van der Waals surface area contributed by atoms with Crippen molar-refractivity contribution in [3.63, 3.8) is 0 Å². The van der Waals surface area contributed by atoms with E-state index in [1.807, 2.05) is 20.0 Å². The van der Waals surface area contributed by atoms with Crippen molar-refractivity contribution in [1.82, 2.24) is 10.3 Å². The molecule has 0 aromatic carbocycles. The van der Waals surface area contributed by atoms with Crippen LogP contribution in [0.5, 0.6) is 0 Å². The number of pyridine rings is 1. The summed E-state index contributed by atoms with van der Waals surface area (Å²) < 4.78 is 17.6. The van der Waals surface area contributed by atoms with Crippen molar-refractivity contribution in [2.45, 2.75) is 39.5 Å². The lowest BCUT2D eigenvalue weighted by molar-refractivity contribution is 0.303. The van der Waals surface area contributed by atoms with Crippen molar-refractivity contribution in [2.75, 3.05) is 30.8 Å². The number of unbranched alkanes of at least 4 members (excludes halogenated alkanes) is 3. The predicted octanol–water partition coefficient (Wildman–Crippen LogP) is 3.82. The van der Waals surface area contributed by atoms with Crippen LogP contribution in [-0.2, 0) is 9.09 Å². The lowest BCUT2D eigenvalue weighted by Crippen LogP contribution is -2.27. The molecular weight excluding hydrogens is 337 g/mol. The van der Waals surface area contributed by atoms with Gasteiger partial charge in [0, 0.05) is 36.9 Å². The fourth-order valence-electron chi connectivity index (χ4n) is 2.13. The predicted molar refractivity (Wildman–Crippen MR) is 102 cm³/mol. The number of rotatable bonds is 11. The van der Waals surface area contributed by atoms with E-state index in [4.69, 9.17) is 9.79 Å². The molecule has 1 rings (SSSR count). The van der Waals surface area contributed by atoms with Gasteiger partial charge in [0.2, 0.25) is 13.3 Å². The molecule has 0 aliphatic rings. The number of nitrogens with one attached hydrogen (secondary N) is 2. The third-order valence-corrected chi connectivity index (χ3v) is 6.31. The van der Waals surface area contributed by atoms with Gasteiger partial charge < -0.3 is 9.84 Å². The maximum absolute atomic E-state index is 12.1. The van der Waals surface area contributed by atoms with Crippen molar-refractivity contribution in [2.24, 2.45) is 4.99 Å². The first-order valence-electron chi connectivity index (χ1n) is 8.72. The lowest BCUT2D eigenvalue weighted by Gasteiger charge is -2.14. The molecule has 0 aliphatic heterocycles. The molecule has 8 heteroatoms. The molecule has 0 unspecified atom stereocenters. The Bertz CT molecular complexity index is 593. The summed E-state index contributed by atoms with van der Waals surface area (Å²) >= 11 is 0. The van der Waals surface area contributed by atoms with Gasteiger partial charge in [-0.15, -0.1) is 0 Å². The van der Waals surface area contributed by atoms with E-state index < -0.39 is 7.37 Å². The number of nitrogens with zero attached hydrogens (tertiary/aromatic N) is 3. The second kappa shape index (κ2) is 12.5. The van der Waals surface area contributed by atoms with Gasteiger partial charge in [-0.3, -0.25) is 19.9 Å². The second-order valence-electron chi connectivity index (χ2n) is 5.52. The molecule has 0 aliphatic carbocycles. The fourth-order valence-corrected chi connectivity index (χ4v) is 3.40. The molecule has 138 valence electrons. The van der Waals surface area contributed by atoms with Gasteiger partial charge in [-0.2, -0.15) is 5.26 Å². The van der Waals surface area contributed by atoms with E-state index in [0.717, 1.165) is 31.4 Å². The third-order valence-electron chi connectivity index (χ3n) is 3.73. The molecule has 0 saturated heterocycles. The molecule has 0 saturated carbocycles. The fraction of sp³-hybridized carbons (Fsp3) is 0.588. The molecule has 0 bridgehead atoms. The molecule has 1 aromatic heterocycles. The number of aliphatic imine (C=N–C) groups is 1. The van der Waals surface area contributed by atoms with Crippen molar-refractivity contribution in [1.29, 1.82) is 5.26 Å². The molecule has 1 aromatic rings. The minimum Gasteiger partial charge on any atom is -0.328 e. The van der Waals surface area contributed by atoms with Crippen LogP contribution in [0.3, 0.4) is 0 Å². The molecule has 2 N–H and O–H groups in total. The number of hydrogen-bond donors (Lipinski definition) is 2. The molecule has 1 heterocycles. The summed E-state index contributed by atoms with van der Waals surface area (Å²) in [5.41, 5.74) is 0.824. The topological polar surface area (TPSA) is 99.4 Å². The van der Waals surface area contributed by atoms with Crippen LogP contribution in [0.15, 0.2) is 29.5 Å². The molecule has 25 heavy (non-hydrogen) atoms. The van der Waals surface area contributed by atoms with Gasteiger partial charge in [-0.1, -0.05) is 26.7 Å². The molecule has 0 spiro atoms. The summed E-state index contributed by atoms with van der Waals surface area (Å²) in [5.74, 6) is 0.434. The average Bonchev–Trinajstić information content (AvgIpc) is 2.64. The highest BCUT2D eigenvalue weighted by Gasteiger charge is 2.16. The molecular formula is C17H28N5O2P. The Labute approximate surface area is 150 Å². The van der Waals surface area contributed by atoms with Crippen LogP contribution in [0.25, 0.3) is 0 Å². The summed E-state index contributed by atoms with van der Waals surface area (Å²) in [5, 5.41) is 14.4. The van der Waals surface area contributed by atoms with Gasteiger partial charge in [0.15, 0.2) is 6.19 Å². The van der Waals surface area contributed by atoms with Gasteiger partial charge in [0.25, 0.3) is 0 Å². The van der Waals surface area contributed by atoms with Gasteiger partial charge in [-0.05, 0) is 25.0 Å². The van der Waals surface area contributed by atoms with Crippen molar-refractivity contribution >= 4 is 19.0 Å². The highest BCUT2D eigenvalue weighted by atomic mass is 31.2. The van der Waals surface area contributed by atoms with Crippen LogP contribution in [0.4, 0.5) is 5.69 Å². The van der Waals surface area contributed by atoms with Crippen LogP contribution in [-0.4, -0.2) is 36.4 Å². The van der Waals surface area contributed by atoms with Gasteiger partial charge in [0.05, 0.1) is 6.61 Å². The smallest absolute Gasteiger partial charge is 0.209 e. The normalized spacial score (nSPS) is 11.8. The molecule has 0 atom stereocenters. The van der Waals surface area contributed by atoms with Crippen LogP contribution in [0.2, 0.25) is 0 Å². The van der Waals surface area contributed by atoms with Gasteiger partial charge in [-0.25, -0.2) is 0 Å². The number of hydrogen-bond acceptors (Lipinski definition) is 5. The molecule has 7 nitrogen and oxygen atoms in total. The lowest BCUT2D eigenvalue weighted by atomic mass is 10.2. The molecule has 0 radical (unpaired) electrons. The van der Waals surface area contributed by atoms with Crippen molar-refractivity contribution in [3.8, 4) is 6.19 Å². The Morgan fingerprint density at radius 3 is 2.56 bits per heavy atom. The zero-order valence-corrected chi connectivity index (χ0v) is 16.0. The zero-order valence-electron chi connectivity index (χ0n) is 15.1. The quantitative estimate of drug-likeness (QED) is 0.154. The van der Waals surface area contributed by atoms with E-state index in [1.165, 1.54) is 0 Å². The van der Waals surface area contributed by atoms with E-state index in [2.05, 4.69) is 20.6 Å². The van der Waals surface area contributed by atoms with Crippen LogP contribution < -0.4 is 10.6 Å². The monoisotopic (exact) mass is 365 g/mol. The standard InChI is InChI=1S/C17H28N5O2P/c1-3-25(23,4-2)24-14-8-6-5-7-11-20-17(21-15-18)22-16-9-12-19-13-10-16/h9-10,12-13H,3-8,11,14H2,1-2H3,(H2,19,20,21,22). The van der Waals surface area contributed by atoms with E-state index in [-0.39, 0.29) is 0 Å². The first-order chi connectivity index (χ1) is 12.1. The van der Waals surface area contributed by atoms with E-state index >= 15 is 0 Å². The molecule has 0 amide bonds. The Kier molecular flexibility index (Phi) is 10.5. The van der Waals surface area contributed by atoms with Gasteiger partial charge in [0.1, 0.15) is 0 Å². The Morgan fingerprint density at radius 2 is 1.92 bits per heavy atom. The largest absolute Gasteiger partial charge is 0.328 e. The van der Waals surface area contributed by atoms with Crippen LogP contribution in [0.1, 0.15) is 39.5 Å². The highest BCUT2D eigenvalue weighted by Crippen LogP contribution is 2.45. The maximum atomic E-state index is 12.1. The summed E-state index contributed by atoms with van der Waals surface area (Å²) in [4.78, 5) is 8.31. The SMILES string of the molecule is CCP(=O)(CC)OCCCCCCN=C(NC#N)Nc1ccncc1. The number of guanidine groups is 1. The summed E-state index contributed by atoms with van der Waals surface area (Å²) in [6, 6.07) is 3.61. The Hall–Kier alpha value is -1.90. The van der Waals surface area contributed by atoms with Crippen LogP contribution in [0, 0.1) is 11.5 Å². The van der Waals surface area contributed by atoms with E-state index in [1.54, 1.807) is 24.5 Å². The van der Waals surface area contributed by atoms with Crippen LogP contribution >= 0.6 is 7.37 Å². The maximum Gasteiger partial charge on any atom is 0.209 e. The van der Waals surface area contributed by atoms with Crippen molar-refractivity contribution in [3.05, 3.63) is 24.5 Å². The summed E-state index contributed by atoms with van der Waals surface area (Å²) in [6.07, 6.45) is 10.3.